The molecule has 2 aliphatic heterocycles. The molecule has 25 heavy (non-hydrogen) atoms. The minimum Gasteiger partial charge on any atom is -0.396 e. The van der Waals surface area contributed by atoms with Gasteiger partial charge >= 0.3 is 0 Å². The van der Waals surface area contributed by atoms with E-state index >= 15 is 0 Å². The Bertz CT molecular complexity index is 619. The van der Waals surface area contributed by atoms with Crippen LogP contribution < -0.4 is 0 Å². The first-order chi connectivity index (χ1) is 12.2. The number of carbonyl (C=O) groups is 1. The molecular formula is C19H26N2O4. The number of nitrogens with zero attached hydrogens (tertiary/aromatic N) is 2. The maximum absolute atomic E-state index is 12.5. The second-order valence-electron chi connectivity index (χ2n) is 7.47. The summed E-state index contributed by atoms with van der Waals surface area (Å²) < 4.78 is 5.30. The zero-order valence-corrected chi connectivity index (χ0v) is 14.4. The molecule has 0 aromatic heterocycles. The molecule has 1 aliphatic carbocycles. The zero-order chi connectivity index (χ0) is 17.4. The van der Waals surface area contributed by atoms with Crippen molar-refractivity contribution in [2.24, 2.45) is 11.3 Å². The Balaban J connectivity index is 1.45. The van der Waals surface area contributed by atoms with Gasteiger partial charge in [0.05, 0.1) is 25.9 Å². The topological polar surface area (TPSA) is 73.2 Å². The molecule has 6 nitrogen and oxygen atoms in total. The Morgan fingerprint density at radius 3 is 2.64 bits per heavy atom. The Labute approximate surface area is 148 Å². The quantitative estimate of drug-likeness (QED) is 0.797. The third-order valence-corrected chi connectivity index (χ3v) is 6.19. The average molecular weight is 346 g/mol. The van der Waals surface area contributed by atoms with Crippen LogP contribution in [0.15, 0.2) is 30.3 Å². The van der Waals surface area contributed by atoms with Crippen LogP contribution in [0.1, 0.15) is 11.5 Å². The molecule has 0 radical (unpaired) electrons. The molecule has 0 bridgehead atoms. The second-order valence-corrected chi connectivity index (χ2v) is 7.47. The lowest BCUT2D eigenvalue weighted by molar-refractivity contribution is -0.136. The van der Waals surface area contributed by atoms with Crippen LogP contribution in [0, 0.1) is 11.3 Å². The minimum absolute atomic E-state index is 0.0633. The molecule has 136 valence electrons. The Hall–Kier alpha value is -1.47. The summed E-state index contributed by atoms with van der Waals surface area (Å²) in [6, 6.07) is 10.1. The van der Waals surface area contributed by atoms with E-state index in [1.165, 1.54) is 5.56 Å². The van der Waals surface area contributed by atoms with Gasteiger partial charge in [-0.2, -0.15) is 0 Å². The molecule has 1 aromatic rings. The summed E-state index contributed by atoms with van der Waals surface area (Å²) in [4.78, 5) is 16.4. The van der Waals surface area contributed by atoms with Gasteiger partial charge in [0, 0.05) is 38.2 Å². The summed E-state index contributed by atoms with van der Waals surface area (Å²) in [5.41, 5.74) is 0.850. The van der Waals surface area contributed by atoms with Gasteiger partial charge in [-0.05, 0) is 17.4 Å². The summed E-state index contributed by atoms with van der Waals surface area (Å²) in [6.45, 7) is 4.05. The standard InChI is InChI=1S/C19H26N2O4/c22-12-15-18(14-4-2-1-3-5-14)19(15)13-20(10-16(19)23)11-17(24)21-6-8-25-9-7-21/h1-5,15-16,18,22-23H,6-13H2/t15-,16-,18-,19-/m1/s1. The number of aliphatic hydroxyl groups excluding tert-OH is 2. The third kappa shape index (κ3) is 2.87. The first-order valence-corrected chi connectivity index (χ1v) is 9.08. The first-order valence-electron chi connectivity index (χ1n) is 9.08. The third-order valence-electron chi connectivity index (χ3n) is 6.19. The van der Waals surface area contributed by atoms with Crippen molar-refractivity contribution in [2.75, 3.05) is 52.5 Å². The lowest BCUT2D eigenvalue weighted by atomic mass is 9.95. The molecule has 0 unspecified atom stereocenters. The largest absolute Gasteiger partial charge is 0.396 e. The first kappa shape index (κ1) is 17.0. The number of hydrogen-bond acceptors (Lipinski definition) is 5. The number of ether oxygens (including phenoxy) is 1. The highest BCUT2D eigenvalue weighted by molar-refractivity contribution is 5.78. The normalized spacial score (nSPS) is 35.3. The highest BCUT2D eigenvalue weighted by atomic mass is 16.5. The maximum atomic E-state index is 12.5. The van der Waals surface area contributed by atoms with E-state index in [1.807, 2.05) is 28.0 Å². The summed E-state index contributed by atoms with van der Waals surface area (Å²) in [6.07, 6.45) is -0.507. The number of likely N-dealkylation sites (tertiary alicyclic amines) is 1. The molecule has 1 saturated carbocycles. The Kier molecular flexibility index (Phi) is 4.54. The molecule has 2 N–H and O–H groups in total. The minimum atomic E-state index is -0.507. The number of amides is 1. The predicted octanol–water partition coefficient (Wildman–Crippen LogP) is -0.0860. The number of rotatable bonds is 4. The van der Waals surface area contributed by atoms with Crippen molar-refractivity contribution in [3.63, 3.8) is 0 Å². The number of carbonyl (C=O) groups excluding carboxylic acids is 1. The SMILES string of the molecule is O=C(CN1C[C@@H](O)[C@@]2(C1)[C@H](CO)[C@H]2c1ccccc1)N1CCOCC1. The fourth-order valence-corrected chi connectivity index (χ4v) is 4.89. The number of hydrogen-bond donors (Lipinski definition) is 2. The summed E-state index contributed by atoms with van der Waals surface area (Å²) in [5, 5.41) is 20.6. The Morgan fingerprint density at radius 2 is 1.96 bits per heavy atom. The van der Waals surface area contributed by atoms with Gasteiger partial charge in [-0.15, -0.1) is 0 Å². The van der Waals surface area contributed by atoms with E-state index in [4.69, 9.17) is 4.74 Å². The fourth-order valence-electron chi connectivity index (χ4n) is 4.89. The van der Waals surface area contributed by atoms with E-state index in [2.05, 4.69) is 12.1 Å². The van der Waals surface area contributed by atoms with Crippen LogP contribution in [0.4, 0.5) is 0 Å². The highest BCUT2D eigenvalue weighted by Gasteiger charge is 2.70. The zero-order valence-electron chi connectivity index (χ0n) is 14.4. The van der Waals surface area contributed by atoms with Crippen LogP contribution in [0.2, 0.25) is 0 Å². The van der Waals surface area contributed by atoms with Crippen molar-refractivity contribution in [1.29, 1.82) is 0 Å². The molecule has 3 fully saturated rings. The predicted molar refractivity (Wildman–Crippen MR) is 92.0 cm³/mol. The number of aliphatic hydroxyl groups is 2. The molecule has 1 amide bonds. The molecule has 1 aromatic carbocycles. The van der Waals surface area contributed by atoms with E-state index < -0.39 is 6.10 Å². The van der Waals surface area contributed by atoms with Gasteiger partial charge in [0.2, 0.25) is 5.91 Å². The van der Waals surface area contributed by atoms with Crippen LogP contribution >= 0.6 is 0 Å². The van der Waals surface area contributed by atoms with Crippen molar-refractivity contribution >= 4 is 5.91 Å². The van der Waals surface area contributed by atoms with Gasteiger partial charge in [-0.3, -0.25) is 9.69 Å². The number of β-amino-alcohol motifs (C(OH)–C–C–N with tert-alkyl or cyclic N) is 1. The van der Waals surface area contributed by atoms with Crippen molar-refractivity contribution < 1.29 is 19.7 Å². The second kappa shape index (κ2) is 6.68. The van der Waals surface area contributed by atoms with Gasteiger partial charge in [-0.25, -0.2) is 0 Å². The summed E-state index contributed by atoms with van der Waals surface area (Å²) in [7, 11) is 0. The van der Waals surface area contributed by atoms with Crippen molar-refractivity contribution in [3.05, 3.63) is 35.9 Å². The van der Waals surface area contributed by atoms with Crippen LogP contribution in [0.25, 0.3) is 0 Å². The molecule has 3 aliphatic rings. The van der Waals surface area contributed by atoms with Gasteiger partial charge in [-0.1, -0.05) is 30.3 Å². The van der Waals surface area contributed by atoms with Crippen molar-refractivity contribution in [2.45, 2.75) is 12.0 Å². The van der Waals surface area contributed by atoms with Crippen molar-refractivity contribution in [1.82, 2.24) is 9.80 Å². The molecule has 4 rings (SSSR count). The van der Waals surface area contributed by atoms with Crippen molar-refractivity contribution in [3.8, 4) is 0 Å². The monoisotopic (exact) mass is 346 g/mol. The molecule has 1 spiro atoms. The van der Waals surface area contributed by atoms with Crippen LogP contribution in [-0.2, 0) is 9.53 Å². The van der Waals surface area contributed by atoms with E-state index in [-0.39, 0.29) is 29.8 Å². The van der Waals surface area contributed by atoms with Gasteiger partial charge in [0.1, 0.15) is 0 Å². The van der Waals surface area contributed by atoms with E-state index in [0.717, 1.165) is 0 Å². The molecule has 6 heteroatoms. The smallest absolute Gasteiger partial charge is 0.236 e. The van der Waals surface area contributed by atoms with Crippen LogP contribution in [0.3, 0.4) is 0 Å². The van der Waals surface area contributed by atoms with E-state index in [9.17, 15) is 15.0 Å². The lowest BCUT2D eigenvalue weighted by Gasteiger charge is -2.28. The molecular weight excluding hydrogens is 320 g/mol. The van der Waals surface area contributed by atoms with Gasteiger partial charge < -0.3 is 19.8 Å². The highest BCUT2D eigenvalue weighted by Crippen LogP contribution is 2.68. The number of benzene rings is 1. The molecule has 2 heterocycles. The van der Waals surface area contributed by atoms with E-state index in [1.54, 1.807) is 0 Å². The van der Waals surface area contributed by atoms with Crippen LogP contribution in [0.5, 0.6) is 0 Å². The Morgan fingerprint density at radius 1 is 1.24 bits per heavy atom. The summed E-state index contributed by atoms with van der Waals surface area (Å²) in [5.74, 6) is 0.329. The molecule has 2 saturated heterocycles. The fraction of sp³-hybridized carbons (Fsp3) is 0.632. The lowest BCUT2D eigenvalue weighted by Crippen LogP contribution is -2.45. The van der Waals surface area contributed by atoms with Crippen LogP contribution in [-0.4, -0.2) is 84.6 Å². The molecule has 4 atom stereocenters. The van der Waals surface area contributed by atoms with Gasteiger partial charge in [0.15, 0.2) is 0 Å². The average Bonchev–Trinajstić information content (AvgIpc) is 3.19. The summed E-state index contributed by atoms with van der Waals surface area (Å²) >= 11 is 0. The van der Waals surface area contributed by atoms with E-state index in [0.29, 0.717) is 45.9 Å². The maximum Gasteiger partial charge on any atom is 0.236 e. The number of morpholine rings is 1. The van der Waals surface area contributed by atoms with Gasteiger partial charge in [0.25, 0.3) is 0 Å².